The van der Waals surface area contributed by atoms with Gasteiger partial charge in [0.25, 0.3) is 5.56 Å². The van der Waals surface area contributed by atoms with E-state index in [9.17, 15) is 9.59 Å². The second-order valence-electron chi connectivity index (χ2n) is 10.1. The maximum atomic E-state index is 14.0. The predicted molar refractivity (Wildman–Crippen MR) is 156 cm³/mol. The maximum Gasteiger partial charge on any atom is 0.338 e. The average Bonchev–Trinajstić information content (AvgIpc) is 3.35. The molecule has 7 heteroatoms. The molecule has 2 aromatic heterocycles. The number of thiazole rings is 1. The van der Waals surface area contributed by atoms with Gasteiger partial charge >= 0.3 is 5.97 Å². The van der Waals surface area contributed by atoms with Crippen LogP contribution >= 0.6 is 11.3 Å². The Bertz CT molecular complexity index is 1820. The van der Waals surface area contributed by atoms with Crippen molar-refractivity contribution >= 4 is 23.4 Å². The second-order valence-corrected chi connectivity index (χ2v) is 11.2. The van der Waals surface area contributed by atoms with E-state index >= 15 is 0 Å². The zero-order valence-corrected chi connectivity index (χ0v) is 24.3. The van der Waals surface area contributed by atoms with Crippen LogP contribution < -0.4 is 14.9 Å². The summed E-state index contributed by atoms with van der Waals surface area (Å²) in [6.45, 7) is 14.2. The van der Waals surface area contributed by atoms with Gasteiger partial charge in [-0.2, -0.15) is 0 Å². The molecule has 1 aliphatic heterocycles. The van der Waals surface area contributed by atoms with Crippen molar-refractivity contribution < 1.29 is 9.53 Å². The molecule has 0 spiro atoms. The zero-order valence-electron chi connectivity index (χ0n) is 23.5. The van der Waals surface area contributed by atoms with E-state index in [1.165, 1.54) is 22.5 Å². The Morgan fingerprint density at radius 1 is 1.00 bits per heavy atom. The van der Waals surface area contributed by atoms with Gasteiger partial charge in [-0.3, -0.25) is 9.36 Å². The van der Waals surface area contributed by atoms with Crippen LogP contribution in [0.3, 0.4) is 0 Å². The molecule has 0 amide bonds. The molecule has 0 bridgehead atoms. The summed E-state index contributed by atoms with van der Waals surface area (Å²) in [4.78, 5) is 32.3. The second kappa shape index (κ2) is 10.3. The summed E-state index contributed by atoms with van der Waals surface area (Å²) in [5.74, 6) is -0.449. The highest BCUT2D eigenvalue weighted by atomic mass is 32.1. The topological polar surface area (TPSA) is 65.6 Å². The van der Waals surface area contributed by atoms with Crippen molar-refractivity contribution in [3.8, 4) is 5.69 Å². The van der Waals surface area contributed by atoms with Gasteiger partial charge < -0.3 is 9.30 Å². The number of aromatic nitrogens is 2. The van der Waals surface area contributed by atoms with Crippen molar-refractivity contribution in [3.05, 3.63) is 119 Å². The van der Waals surface area contributed by atoms with Crippen molar-refractivity contribution in [1.82, 2.24) is 9.13 Å². The van der Waals surface area contributed by atoms with Gasteiger partial charge in [-0.05, 0) is 95.0 Å². The van der Waals surface area contributed by atoms with E-state index in [-0.39, 0.29) is 12.2 Å². The number of benzene rings is 2. The summed E-state index contributed by atoms with van der Waals surface area (Å²) in [5, 5.41) is 0. The minimum absolute atomic E-state index is 0.172. The molecule has 1 aliphatic rings. The summed E-state index contributed by atoms with van der Waals surface area (Å²) >= 11 is 1.35. The van der Waals surface area contributed by atoms with E-state index in [0.717, 1.165) is 33.8 Å². The van der Waals surface area contributed by atoms with Gasteiger partial charge in [0.2, 0.25) is 0 Å². The highest BCUT2D eigenvalue weighted by Gasteiger charge is 2.33. The van der Waals surface area contributed by atoms with Crippen LogP contribution in [-0.2, 0) is 9.53 Å². The van der Waals surface area contributed by atoms with Gasteiger partial charge in [0.05, 0.1) is 28.5 Å². The first-order chi connectivity index (χ1) is 18.6. The molecule has 200 valence electrons. The molecule has 0 aliphatic carbocycles. The fraction of sp³-hybridized carbons (Fsp3) is 0.281. The Hall–Kier alpha value is -3.97. The standard InChI is InChI=1S/C32H33N3O3S/c1-8-38-31(37)28-22(6)33-32-35(29(28)24-12-9-18(2)10-13-24)30(36)27(39-32)17-25-16-21(5)34(23(25)7)26-14-11-19(3)20(4)15-26/h9-17,29H,8H2,1-7H3/b27-17+/t29-/m0/s1. The number of esters is 1. The number of ether oxygens (including phenoxy) is 1. The summed E-state index contributed by atoms with van der Waals surface area (Å²) < 4.78 is 9.83. The van der Waals surface area contributed by atoms with Crippen LogP contribution in [-0.4, -0.2) is 21.7 Å². The van der Waals surface area contributed by atoms with E-state index < -0.39 is 12.0 Å². The zero-order chi connectivity index (χ0) is 28.0. The van der Waals surface area contributed by atoms with Crippen molar-refractivity contribution in [1.29, 1.82) is 0 Å². The van der Waals surface area contributed by atoms with Crippen LogP contribution in [0, 0.1) is 34.6 Å². The fourth-order valence-electron chi connectivity index (χ4n) is 5.19. The van der Waals surface area contributed by atoms with Gasteiger partial charge in [0.15, 0.2) is 4.80 Å². The summed E-state index contributed by atoms with van der Waals surface area (Å²) in [5.41, 5.74) is 9.45. The van der Waals surface area contributed by atoms with Crippen LogP contribution in [0.4, 0.5) is 0 Å². The lowest BCUT2D eigenvalue weighted by Gasteiger charge is -2.24. The Morgan fingerprint density at radius 3 is 2.38 bits per heavy atom. The first kappa shape index (κ1) is 26.6. The van der Waals surface area contributed by atoms with Gasteiger partial charge in [-0.1, -0.05) is 47.2 Å². The van der Waals surface area contributed by atoms with E-state index in [4.69, 9.17) is 9.73 Å². The van der Waals surface area contributed by atoms with Gasteiger partial charge in [0, 0.05) is 17.1 Å². The van der Waals surface area contributed by atoms with Crippen molar-refractivity contribution in [2.75, 3.05) is 6.61 Å². The SMILES string of the molecule is CCOC(=O)C1=C(C)N=c2s/c(=C/c3cc(C)n(-c4ccc(C)c(C)c4)c3C)c(=O)n2[C@H]1c1ccc(C)cc1. The first-order valence-electron chi connectivity index (χ1n) is 13.1. The highest BCUT2D eigenvalue weighted by molar-refractivity contribution is 7.07. The van der Waals surface area contributed by atoms with E-state index in [0.29, 0.717) is 20.6 Å². The minimum atomic E-state index is -0.606. The Kier molecular flexibility index (Phi) is 7.03. The number of hydrogen-bond donors (Lipinski definition) is 0. The van der Waals surface area contributed by atoms with E-state index in [2.05, 4.69) is 56.5 Å². The molecule has 39 heavy (non-hydrogen) atoms. The molecule has 3 heterocycles. The minimum Gasteiger partial charge on any atom is -0.463 e. The quantitative estimate of drug-likeness (QED) is 0.330. The maximum absolute atomic E-state index is 14.0. The van der Waals surface area contributed by atoms with Crippen LogP contribution in [0.1, 0.15) is 59.1 Å². The molecule has 4 aromatic rings. The lowest BCUT2D eigenvalue weighted by atomic mass is 9.95. The number of carbonyl (C=O) groups excluding carboxylic acids is 1. The van der Waals surface area contributed by atoms with E-state index in [1.54, 1.807) is 11.5 Å². The van der Waals surface area contributed by atoms with Crippen molar-refractivity contribution in [2.45, 2.75) is 54.5 Å². The average molecular weight is 540 g/mol. The summed E-state index contributed by atoms with van der Waals surface area (Å²) in [7, 11) is 0. The molecule has 5 rings (SSSR count). The number of fused-ring (bicyclic) bond motifs is 1. The van der Waals surface area contributed by atoms with Crippen LogP contribution in [0.5, 0.6) is 0 Å². The first-order valence-corrected chi connectivity index (χ1v) is 13.9. The molecule has 0 fully saturated rings. The third kappa shape index (κ3) is 4.72. The smallest absolute Gasteiger partial charge is 0.338 e. The van der Waals surface area contributed by atoms with Crippen molar-refractivity contribution in [3.63, 3.8) is 0 Å². The predicted octanol–water partition coefficient (Wildman–Crippen LogP) is 5.13. The monoisotopic (exact) mass is 539 g/mol. The third-order valence-corrected chi connectivity index (χ3v) is 8.40. The van der Waals surface area contributed by atoms with Gasteiger partial charge in [0.1, 0.15) is 0 Å². The van der Waals surface area contributed by atoms with Crippen LogP contribution in [0.25, 0.3) is 11.8 Å². The Balaban J connectivity index is 1.68. The Morgan fingerprint density at radius 2 is 1.72 bits per heavy atom. The lowest BCUT2D eigenvalue weighted by Crippen LogP contribution is -2.39. The number of allylic oxidation sites excluding steroid dienone is 1. The summed E-state index contributed by atoms with van der Waals surface area (Å²) in [6, 6.07) is 15.9. The normalized spacial score (nSPS) is 15.4. The highest BCUT2D eigenvalue weighted by Crippen LogP contribution is 2.31. The molecule has 1 atom stereocenters. The lowest BCUT2D eigenvalue weighted by molar-refractivity contribution is -0.139. The summed E-state index contributed by atoms with van der Waals surface area (Å²) in [6.07, 6.45) is 1.94. The molecule has 6 nitrogen and oxygen atoms in total. The molecular weight excluding hydrogens is 506 g/mol. The van der Waals surface area contributed by atoms with Crippen LogP contribution in [0.15, 0.2) is 69.6 Å². The fourth-order valence-corrected chi connectivity index (χ4v) is 6.23. The number of nitrogens with zero attached hydrogens (tertiary/aromatic N) is 3. The van der Waals surface area contributed by atoms with E-state index in [1.807, 2.05) is 44.2 Å². The molecule has 0 saturated carbocycles. The van der Waals surface area contributed by atoms with Crippen LogP contribution in [0.2, 0.25) is 0 Å². The molecule has 2 aromatic carbocycles. The number of rotatable bonds is 5. The molecular formula is C32H33N3O3S. The Labute approximate surface area is 232 Å². The van der Waals surface area contributed by atoms with Crippen molar-refractivity contribution in [2.24, 2.45) is 4.99 Å². The largest absolute Gasteiger partial charge is 0.463 e. The number of carbonyl (C=O) groups is 1. The molecule has 0 saturated heterocycles. The number of hydrogen-bond acceptors (Lipinski definition) is 5. The van der Waals surface area contributed by atoms with Gasteiger partial charge in [-0.15, -0.1) is 0 Å². The van der Waals surface area contributed by atoms with Gasteiger partial charge in [-0.25, -0.2) is 9.79 Å². The number of aryl methyl sites for hydroxylation is 4. The molecule has 0 radical (unpaired) electrons. The third-order valence-electron chi connectivity index (χ3n) is 7.42. The molecule has 0 N–H and O–H groups in total. The molecule has 0 unspecified atom stereocenters.